The Kier molecular flexibility index (Phi) is 13.5. The molecule has 1 unspecified atom stereocenters. The van der Waals surface area contributed by atoms with Crippen LogP contribution in [0, 0.1) is 0 Å². The summed E-state index contributed by atoms with van der Waals surface area (Å²) in [5.74, 6) is 0. The van der Waals surface area contributed by atoms with E-state index in [-0.39, 0.29) is 6.61 Å². The van der Waals surface area contributed by atoms with E-state index in [0.717, 1.165) is 25.7 Å². The van der Waals surface area contributed by atoms with Gasteiger partial charge in [-0.15, -0.1) is 0 Å². The van der Waals surface area contributed by atoms with Gasteiger partial charge in [-0.1, -0.05) is 31.8 Å². The molecule has 0 aliphatic carbocycles. The van der Waals surface area contributed by atoms with Crippen LogP contribution in [0.5, 0.6) is 0 Å². The van der Waals surface area contributed by atoms with E-state index in [1.807, 2.05) is 6.92 Å². The van der Waals surface area contributed by atoms with Crippen molar-refractivity contribution in [1.82, 2.24) is 0 Å². The smallest absolute Gasteiger partial charge is 0.106 e. The maximum Gasteiger partial charge on any atom is 0.106 e. The molecule has 23 heavy (non-hydrogen) atoms. The highest BCUT2D eigenvalue weighted by Gasteiger charge is 2.29. The van der Waals surface area contributed by atoms with Gasteiger partial charge in [0.25, 0.3) is 0 Å². The molecule has 0 aromatic carbocycles. The van der Waals surface area contributed by atoms with Gasteiger partial charge in [0.1, 0.15) is 18.8 Å². The van der Waals surface area contributed by atoms with E-state index < -0.39 is 23.1 Å². The first-order chi connectivity index (χ1) is 11.0. The Morgan fingerprint density at radius 2 is 1.91 bits per heavy atom. The van der Waals surface area contributed by atoms with Gasteiger partial charge in [0.2, 0.25) is 0 Å². The van der Waals surface area contributed by atoms with E-state index in [9.17, 15) is 8.76 Å². The largest absolute Gasteiger partial charge is 0.750 e. The number of ether oxygens (including phenoxy) is 2. The lowest BCUT2D eigenvalue weighted by molar-refractivity contribution is -0.0300. The highest BCUT2D eigenvalue weighted by Crippen LogP contribution is 2.19. The quantitative estimate of drug-likeness (QED) is 0.195. The number of hydrogen-bond acceptors (Lipinski definition) is 7. The van der Waals surface area contributed by atoms with Crippen molar-refractivity contribution < 1.29 is 27.3 Å². The van der Waals surface area contributed by atoms with Crippen molar-refractivity contribution in [2.75, 3.05) is 26.9 Å². The zero-order valence-corrected chi connectivity index (χ0v) is 15.4. The first-order valence-electron chi connectivity index (χ1n) is 8.03. The third-order valence-corrected chi connectivity index (χ3v) is 3.58. The summed E-state index contributed by atoms with van der Waals surface area (Å²) < 4.78 is 38.0. The molecule has 0 radical (unpaired) electrons. The predicted molar refractivity (Wildman–Crippen MR) is 88.9 cm³/mol. The van der Waals surface area contributed by atoms with Gasteiger partial charge in [0.05, 0.1) is 24.2 Å². The number of nitrogens with zero attached hydrogens (tertiary/aromatic N) is 1. The maximum absolute atomic E-state index is 10.9. The average Bonchev–Trinajstić information content (AvgIpc) is 2.49. The van der Waals surface area contributed by atoms with Crippen LogP contribution in [-0.4, -0.2) is 53.6 Å². The van der Waals surface area contributed by atoms with Crippen LogP contribution in [0.3, 0.4) is 0 Å². The Labute approximate surface area is 142 Å². The first-order valence-corrected chi connectivity index (χ1v) is 9.03. The summed E-state index contributed by atoms with van der Waals surface area (Å²) in [7, 11) is 1.44. The van der Waals surface area contributed by atoms with Crippen molar-refractivity contribution in [3.8, 4) is 0 Å². The standard InChI is InChI=1S/C15H31NO6S/c1-5-7-9-20-12-14(22-23(17)18)11-15(3,13-16-19-4)21-10-8-6-2/h13-14H,5-12H2,1-4H3,(H,17,18)/p-1/b16-13+/t14-,15+/m0/s1. The molecular formula is C15H30NO6S-. The molecule has 0 spiro atoms. The molecule has 0 aromatic heterocycles. The third kappa shape index (κ3) is 12.5. The molecule has 8 heteroatoms. The minimum absolute atomic E-state index is 0.182. The van der Waals surface area contributed by atoms with Gasteiger partial charge in [0, 0.05) is 19.6 Å². The van der Waals surface area contributed by atoms with E-state index in [1.54, 1.807) is 0 Å². The van der Waals surface area contributed by atoms with Crippen LogP contribution in [-0.2, 0) is 29.9 Å². The fourth-order valence-electron chi connectivity index (χ4n) is 1.91. The molecule has 0 aliphatic heterocycles. The number of rotatable bonds is 15. The van der Waals surface area contributed by atoms with Gasteiger partial charge >= 0.3 is 0 Å². The lowest BCUT2D eigenvalue weighted by Crippen LogP contribution is -2.38. The summed E-state index contributed by atoms with van der Waals surface area (Å²) in [6.07, 6.45) is 5.02. The van der Waals surface area contributed by atoms with Gasteiger partial charge in [-0.2, -0.15) is 0 Å². The first kappa shape index (κ1) is 22.5. The summed E-state index contributed by atoms with van der Waals surface area (Å²) in [5, 5.41) is 3.76. The molecule has 7 nitrogen and oxygen atoms in total. The van der Waals surface area contributed by atoms with E-state index >= 15 is 0 Å². The zero-order chi connectivity index (χ0) is 17.6. The Balaban J connectivity index is 4.72. The van der Waals surface area contributed by atoms with Crippen molar-refractivity contribution in [2.24, 2.45) is 5.16 Å². The molecule has 0 saturated carbocycles. The number of oxime groups is 1. The highest BCUT2D eigenvalue weighted by molar-refractivity contribution is 7.74. The van der Waals surface area contributed by atoms with E-state index in [4.69, 9.17) is 18.5 Å². The Morgan fingerprint density at radius 3 is 2.48 bits per heavy atom. The third-order valence-electron chi connectivity index (χ3n) is 3.15. The van der Waals surface area contributed by atoms with Crippen LogP contribution in [0.1, 0.15) is 52.9 Å². The molecule has 3 atom stereocenters. The van der Waals surface area contributed by atoms with Crippen LogP contribution < -0.4 is 0 Å². The molecule has 0 saturated heterocycles. The monoisotopic (exact) mass is 352 g/mol. The van der Waals surface area contributed by atoms with Crippen molar-refractivity contribution in [3.05, 3.63) is 0 Å². The SMILES string of the molecule is CCCCOC[C@H](C[C@](C)(/C=N/OC)OCCCC)OS(=O)[O-]. The summed E-state index contributed by atoms with van der Waals surface area (Å²) in [6, 6.07) is 0. The van der Waals surface area contributed by atoms with Gasteiger partial charge in [-0.25, -0.2) is 4.21 Å². The topological polar surface area (TPSA) is 89.4 Å². The molecule has 0 bridgehead atoms. The summed E-state index contributed by atoms with van der Waals surface area (Å²) in [6.45, 7) is 7.25. The Hall–Kier alpha value is -0.540. The van der Waals surface area contributed by atoms with Crippen molar-refractivity contribution >= 4 is 17.6 Å². The van der Waals surface area contributed by atoms with Crippen LogP contribution in [0.2, 0.25) is 0 Å². The van der Waals surface area contributed by atoms with Crippen molar-refractivity contribution in [3.63, 3.8) is 0 Å². The van der Waals surface area contributed by atoms with E-state index in [2.05, 4.69) is 19.0 Å². The summed E-state index contributed by atoms with van der Waals surface area (Å²) in [4.78, 5) is 4.72. The second kappa shape index (κ2) is 13.9. The second-order valence-electron chi connectivity index (χ2n) is 5.49. The highest BCUT2D eigenvalue weighted by atomic mass is 32.2. The Morgan fingerprint density at radius 1 is 1.26 bits per heavy atom. The van der Waals surface area contributed by atoms with Gasteiger partial charge in [-0.3, -0.25) is 4.18 Å². The van der Waals surface area contributed by atoms with Crippen molar-refractivity contribution in [2.45, 2.75) is 64.6 Å². The molecule has 0 aliphatic rings. The zero-order valence-electron chi connectivity index (χ0n) is 14.6. The number of unbranched alkanes of at least 4 members (excludes halogenated alkanes) is 2. The molecule has 0 rings (SSSR count). The maximum atomic E-state index is 10.9. The van der Waals surface area contributed by atoms with Crippen LogP contribution >= 0.6 is 0 Å². The fourth-order valence-corrected chi connectivity index (χ4v) is 2.25. The molecule has 0 fully saturated rings. The molecule has 138 valence electrons. The van der Waals surface area contributed by atoms with E-state index in [0.29, 0.717) is 19.6 Å². The summed E-state index contributed by atoms with van der Waals surface area (Å²) in [5.41, 5.74) is -0.788. The molecule has 0 heterocycles. The molecular weight excluding hydrogens is 322 g/mol. The summed E-state index contributed by atoms with van der Waals surface area (Å²) >= 11 is -2.61. The van der Waals surface area contributed by atoms with E-state index in [1.165, 1.54) is 13.3 Å². The predicted octanol–water partition coefficient (Wildman–Crippen LogP) is 2.58. The minimum atomic E-state index is -2.61. The lowest BCUT2D eigenvalue weighted by atomic mass is 9.99. The van der Waals surface area contributed by atoms with Crippen LogP contribution in [0.25, 0.3) is 0 Å². The minimum Gasteiger partial charge on any atom is -0.750 e. The van der Waals surface area contributed by atoms with Crippen LogP contribution in [0.4, 0.5) is 0 Å². The van der Waals surface area contributed by atoms with Crippen LogP contribution in [0.15, 0.2) is 5.16 Å². The second-order valence-corrected chi connectivity index (χ2v) is 6.09. The van der Waals surface area contributed by atoms with Gasteiger partial charge < -0.3 is 18.9 Å². The van der Waals surface area contributed by atoms with Gasteiger partial charge in [-0.05, 0) is 19.8 Å². The molecule has 0 amide bonds. The van der Waals surface area contributed by atoms with Gasteiger partial charge in [0.15, 0.2) is 0 Å². The Bertz CT molecular complexity index is 342. The lowest BCUT2D eigenvalue weighted by Gasteiger charge is -2.30. The molecule has 0 aromatic rings. The molecule has 0 N–H and O–H groups in total. The fraction of sp³-hybridized carbons (Fsp3) is 0.933. The number of hydrogen-bond donors (Lipinski definition) is 0. The van der Waals surface area contributed by atoms with Crippen molar-refractivity contribution in [1.29, 1.82) is 0 Å². The normalized spacial score (nSPS) is 17.1. The average molecular weight is 352 g/mol.